The Hall–Kier alpha value is -2.40. The summed E-state index contributed by atoms with van der Waals surface area (Å²) in [6, 6.07) is 12.7. The molecule has 2 aliphatic heterocycles. The van der Waals surface area contributed by atoms with Crippen molar-refractivity contribution < 1.29 is 9.59 Å². The van der Waals surface area contributed by atoms with Crippen molar-refractivity contribution >= 4 is 28.6 Å². The first kappa shape index (κ1) is 17.0. The Bertz CT molecular complexity index is 934. The molecule has 5 heteroatoms. The van der Waals surface area contributed by atoms with E-state index < -0.39 is 12.1 Å². The van der Waals surface area contributed by atoms with Gasteiger partial charge in [0.25, 0.3) is 0 Å². The average Bonchev–Trinajstić information content (AvgIpc) is 2.99. The van der Waals surface area contributed by atoms with E-state index in [-0.39, 0.29) is 11.7 Å². The van der Waals surface area contributed by atoms with Gasteiger partial charge in [-0.15, -0.1) is 0 Å². The third-order valence-electron chi connectivity index (χ3n) is 5.08. The van der Waals surface area contributed by atoms with Crippen LogP contribution in [0.2, 0.25) is 0 Å². The maximum absolute atomic E-state index is 13.4. The fraction of sp³-hybridized carbons (Fsp3) is 0.286. The van der Waals surface area contributed by atoms with Crippen LogP contribution in [0.5, 0.6) is 0 Å². The molecule has 0 N–H and O–H groups in total. The van der Waals surface area contributed by atoms with E-state index in [9.17, 15) is 9.59 Å². The zero-order chi connectivity index (χ0) is 18.4. The third kappa shape index (κ3) is 2.76. The molecule has 132 valence electrons. The molecule has 1 saturated heterocycles. The van der Waals surface area contributed by atoms with Crippen molar-refractivity contribution in [3.05, 3.63) is 70.3 Å². The van der Waals surface area contributed by atoms with E-state index in [1.54, 1.807) is 4.90 Å². The minimum Gasteiger partial charge on any atom is -0.294 e. The average molecular weight is 364 g/mol. The molecule has 2 unspecified atom stereocenters. The van der Waals surface area contributed by atoms with Crippen LogP contribution in [0.4, 0.5) is 0 Å². The normalized spacial score (nSPS) is 22.4. The molecule has 1 amide bonds. The number of ketones is 1. The first-order valence-corrected chi connectivity index (χ1v) is 9.64. The molecular formula is C21H20N2O2S. The Balaban J connectivity index is 1.82. The quantitative estimate of drug-likeness (QED) is 0.812. The highest BCUT2D eigenvalue weighted by Gasteiger charge is 2.45. The zero-order valence-corrected chi connectivity index (χ0v) is 15.8. The van der Waals surface area contributed by atoms with Crippen LogP contribution in [0.25, 0.3) is 0 Å². The van der Waals surface area contributed by atoms with Crippen LogP contribution in [0, 0.1) is 20.8 Å². The second kappa shape index (κ2) is 6.40. The van der Waals surface area contributed by atoms with Gasteiger partial charge >= 0.3 is 0 Å². The third-order valence-corrected chi connectivity index (χ3v) is 6.03. The predicted molar refractivity (Wildman–Crippen MR) is 104 cm³/mol. The van der Waals surface area contributed by atoms with E-state index in [1.807, 2.05) is 56.3 Å². The van der Waals surface area contributed by atoms with E-state index in [0.29, 0.717) is 10.9 Å². The number of fused-ring (bicyclic) bond motifs is 1. The number of hydrogen-bond acceptors (Lipinski definition) is 4. The molecule has 2 aliphatic rings. The van der Waals surface area contributed by atoms with E-state index in [1.165, 1.54) is 17.3 Å². The second-order valence-corrected chi connectivity index (χ2v) is 7.87. The molecule has 0 aliphatic carbocycles. The Morgan fingerprint density at radius 3 is 2.35 bits per heavy atom. The minimum absolute atomic E-state index is 0.0447. The molecule has 26 heavy (non-hydrogen) atoms. The standard InChI is InChI=1S/C21H20N2O2S/c1-12-4-7-15(8-5-12)19-20(25)18(16-9-6-13(2)14(3)10-16)22-21-23(19)17(24)11-26-21/h4-10,18-19H,11H2,1-3H3. The molecule has 0 saturated carbocycles. The van der Waals surface area contributed by atoms with Crippen molar-refractivity contribution in [2.24, 2.45) is 4.99 Å². The number of carbonyl (C=O) groups excluding carboxylic acids is 2. The molecule has 0 radical (unpaired) electrons. The van der Waals surface area contributed by atoms with E-state index in [0.717, 1.165) is 22.3 Å². The molecule has 0 spiro atoms. The van der Waals surface area contributed by atoms with Crippen molar-refractivity contribution in [2.45, 2.75) is 32.9 Å². The monoisotopic (exact) mass is 364 g/mol. The van der Waals surface area contributed by atoms with Crippen molar-refractivity contribution in [1.29, 1.82) is 0 Å². The van der Waals surface area contributed by atoms with Gasteiger partial charge in [0.2, 0.25) is 5.91 Å². The number of rotatable bonds is 2. The lowest BCUT2D eigenvalue weighted by Crippen LogP contribution is -2.43. The van der Waals surface area contributed by atoms with Crippen LogP contribution in [-0.4, -0.2) is 27.5 Å². The molecule has 0 bridgehead atoms. The summed E-state index contributed by atoms with van der Waals surface area (Å²) in [5.41, 5.74) is 5.19. The number of hydrogen-bond donors (Lipinski definition) is 0. The molecule has 0 aromatic heterocycles. The Morgan fingerprint density at radius 2 is 1.65 bits per heavy atom. The number of aliphatic imine (C=N–C) groups is 1. The number of Topliss-reactive ketones (excluding diaryl/α,β-unsaturated/α-hetero) is 1. The zero-order valence-electron chi connectivity index (χ0n) is 15.0. The van der Waals surface area contributed by atoms with E-state index in [2.05, 4.69) is 11.9 Å². The summed E-state index contributed by atoms with van der Waals surface area (Å²) in [6.45, 7) is 6.10. The SMILES string of the molecule is Cc1ccc(C2C(=O)C(c3ccc(C)c(C)c3)N=C3SCC(=O)N32)cc1. The van der Waals surface area contributed by atoms with Gasteiger partial charge in [0.1, 0.15) is 12.1 Å². The van der Waals surface area contributed by atoms with Crippen LogP contribution in [0.1, 0.15) is 39.9 Å². The van der Waals surface area contributed by atoms with Crippen LogP contribution < -0.4 is 0 Å². The summed E-state index contributed by atoms with van der Waals surface area (Å²) in [4.78, 5) is 32.0. The number of amides is 1. The molecule has 4 nitrogen and oxygen atoms in total. The van der Waals surface area contributed by atoms with Crippen molar-refractivity contribution in [3.8, 4) is 0 Å². The molecule has 1 fully saturated rings. The highest BCUT2D eigenvalue weighted by atomic mass is 32.2. The lowest BCUT2D eigenvalue weighted by molar-refractivity contribution is -0.134. The fourth-order valence-electron chi connectivity index (χ4n) is 3.41. The first-order chi connectivity index (χ1) is 12.5. The number of carbonyl (C=O) groups is 2. The topological polar surface area (TPSA) is 49.7 Å². The number of thioether (sulfide) groups is 1. The van der Waals surface area contributed by atoms with Gasteiger partial charge < -0.3 is 0 Å². The Kier molecular flexibility index (Phi) is 4.19. The number of benzene rings is 2. The van der Waals surface area contributed by atoms with Crippen molar-refractivity contribution in [1.82, 2.24) is 4.90 Å². The highest BCUT2D eigenvalue weighted by Crippen LogP contribution is 2.40. The van der Waals surface area contributed by atoms with E-state index >= 15 is 0 Å². The van der Waals surface area contributed by atoms with Crippen molar-refractivity contribution in [3.63, 3.8) is 0 Å². The fourth-order valence-corrected chi connectivity index (χ4v) is 4.33. The predicted octanol–water partition coefficient (Wildman–Crippen LogP) is 3.91. The smallest absolute Gasteiger partial charge is 0.239 e. The number of nitrogens with zero attached hydrogens (tertiary/aromatic N) is 2. The van der Waals surface area contributed by atoms with Crippen LogP contribution in [0.15, 0.2) is 47.5 Å². The molecule has 2 atom stereocenters. The molecule has 2 aromatic rings. The van der Waals surface area contributed by atoms with Gasteiger partial charge in [-0.3, -0.25) is 14.5 Å². The minimum atomic E-state index is -0.600. The summed E-state index contributed by atoms with van der Waals surface area (Å²) in [5, 5.41) is 0.656. The maximum Gasteiger partial charge on any atom is 0.239 e. The lowest BCUT2D eigenvalue weighted by Gasteiger charge is -2.33. The van der Waals surface area contributed by atoms with Crippen LogP contribution in [0.3, 0.4) is 0 Å². The lowest BCUT2D eigenvalue weighted by atomic mass is 9.90. The van der Waals surface area contributed by atoms with Gasteiger partial charge in [-0.2, -0.15) is 0 Å². The maximum atomic E-state index is 13.4. The summed E-state index contributed by atoms with van der Waals surface area (Å²) in [7, 11) is 0. The Labute approximate surface area is 157 Å². The van der Waals surface area contributed by atoms with Gasteiger partial charge in [-0.1, -0.05) is 59.8 Å². The van der Waals surface area contributed by atoms with E-state index in [4.69, 9.17) is 0 Å². The van der Waals surface area contributed by atoms with Gasteiger partial charge in [-0.25, -0.2) is 4.99 Å². The molecule has 4 rings (SSSR count). The molecule has 2 heterocycles. The summed E-state index contributed by atoms with van der Waals surface area (Å²) in [5.74, 6) is 0.247. The van der Waals surface area contributed by atoms with Gasteiger partial charge in [0.05, 0.1) is 5.75 Å². The first-order valence-electron chi connectivity index (χ1n) is 8.66. The second-order valence-electron chi connectivity index (χ2n) is 6.93. The largest absolute Gasteiger partial charge is 0.294 e. The summed E-state index contributed by atoms with van der Waals surface area (Å²) in [6.07, 6.45) is 0. The van der Waals surface area contributed by atoms with Gasteiger partial charge in [-0.05, 0) is 43.0 Å². The molecule has 2 aromatic carbocycles. The van der Waals surface area contributed by atoms with Crippen LogP contribution in [-0.2, 0) is 9.59 Å². The van der Waals surface area contributed by atoms with Crippen molar-refractivity contribution in [2.75, 3.05) is 5.75 Å². The highest BCUT2D eigenvalue weighted by molar-refractivity contribution is 8.15. The summed E-state index contributed by atoms with van der Waals surface area (Å²) < 4.78 is 0. The number of aryl methyl sites for hydroxylation is 3. The Morgan fingerprint density at radius 1 is 0.962 bits per heavy atom. The van der Waals surface area contributed by atoms with Gasteiger partial charge in [0.15, 0.2) is 11.0 Å². The number of amidine groups is 1. The van der Waals surface area contributed by atoms with Crippen LogP contribution >= 0.6 is 11.8 Å². The van der Waals surface area contributed by atoms with Gasteiger partial charge in [0, 0.05) is 0 Å². The molecular weight excluding hydrogens is 344 g/mol. The summed E-state index contributed by atoms with van der Waals surface area (Å²) >= 11 is 1.42.